The second kappa shape index (κ2) is 6.38. The summed E-state index contributed by atoms with van der Waals surface area (Å²) in [7, 11) is 0. The fourth-order valence-electron chi connectivity index (χ4n) is 2.17. The molecule has 0 saturated carbocycles. The predicted octanol–water partition coefficient (Wildman–Crippen LogP) is 0.183. The first kappa shape index (κ1) is 13.6. The number of rotatable bonds is 6. The van der Waals surface area contributed by atoms with Crippen LogP contribution in [0.15, 0.2) is 17.1 Å². The number of hydrogen-bond acceptors (Lipinski definition) is 4. The van der Waals surface area contributed by atoms with E-state index in [1.165, 1.54) is 12.3 Å². The van der Waals surface area contributed by atoms with Crippen molar-refractivity contribution in [1.82, 2.24) is 15.2 Å². The highest BCUT2D eigenvalue weighted by molar-refractivity contribution is 5.77. The zero-order valence-electron chi connectivity index (χ0n) is 10.8. The van der Waals surface area contributed by atoms with E-state index in [0.29, 0.717) is 13.0 Å². The normalized spacial score (nSPS) is 15.2. The lowest BCUT2D eigenvalue weighted by Gasteiger charge is -2.15. The number of amides is 1. The molecule has 104 valence electrons. The molecule has 2 rings (SSSR count). The molecular weight excluding hydrogens is 246 g/mol. The van der Waals surface area contributed by atoms with Crippen LogP contribution >= 0.6 is 0 Å². The SMILES string of the molecule is O=C1CCCN1CCCNCc1cc(=O)c(O)c[nH]1. The lowest BCUT2D eigenvalue weighted by atomic mass is 10.3. The highest BCUT2D eigenvalue weighted by Gasteiger charge is 2.18. The molecule has 0 spiro atoms. The van der Waals surface area contributed by atoms with Gasteiger partial charge in [-0.25, -0.2) is 0 Å². The monoisotopic (exact) mass is 265 g/mol. The third-order valence-corrected chi connectivity index (χ3v) is 3.22. The summed E-state index contributed by atoms with van der Waals surface area (Å²) in [4.78, 5) is 27.3. The number of aromatic amines is 1. The molecule has 3 N–H and O–H groups in total. The standard InChI is InChI=1S/C13H19N3O3/c17-11-7-10(15-9-12(11)18)8-14-4-2-6-16-5-1-3-13(16)19/h7,9,14,18H,1-6,8H2,(H,15,17). The third kappa shape index (κ3) is 3.82. The molecule has 6 heteroatoms. The van der Waals surface area contributed by atoms with Crippen LogP contribution in [0.4, 0.5) is 0 Å². The van der Waals surface area contributed by atoms with Gasteiger partial charge in [0.15, 0.2) is 5.75 Å². The number of H-pyrrole nitrogens is 1. The number of carbonyl (C=O) groups is 1. The predicted molar refractivity (Wildman–Crippen MR) is 70.9 cm³/mol. The largest absolute Gasteiger partial charge is 0.503 e. The minimum atomic E-state index is -0.377. The molecule has 19 heavy (non-hydrogen) atoms. The minimum absolute atomic E-state index is 0.253. The Morgan fingerprint density at radius 2 is 2.26 bits per heavy atom. The van der Waals surface area contributed by atoms with E-state index in [2.05, 4.69) is 10.3 Å². The molecule has 1 aliphatic heterocycles. The first-order valence-corrected chi connectivity index (χ1v) is 6.56. The van der Waals surface area contributed by atoms with Crippen molar-refractivity contribution in [2.24, 2.45) is 0 Å². The molecule has 2 heterocycles. The quantitative estimate of drug-likeness (QED) is 0.641. The van der Waals surface area contributed by atoms with Crippen LogP contribution in [-0.2, 0) is 11.3 Å². The Morgan fingerprint density at radius 1 is 1.42 bits per heavy atom. The Kier molecular flexibility index (Phi) is 4.57. The van der Waals surface area contributed by atoms with Crippen LogP contribution in [0.2, 0.25) is 0 Å². The van der Waals surface area contributed by atoms with Crippen molar-refractivity contribution in [2.75, 3.05) is 19.6 Å². The van der Waals surface area contributed by atoms with Gasteiger partial charge in [0.2, 0.25) is 11.3 Å². The molecule has 0 unspecified atom stereocenters. The van der Waals surface area contributed by atoms with Gasteiger partial charge >= 0.3 is 0 Å². The molecule has 0 radical (unpaired) electrons. The molecular formula is C13H19N3O3. The van der Waals surface area contributed by atoms with Crippen LogP contribution in [0.3, 0.4) is 0 Å². The van der Waals surface area contributed by atoms with Gasteiger partial charge in [0.25, 0.3) is 0 Å². The molecule has 1 saturated heterocycles. The molecule has 1 fully saturated rings. The Bertz CT molecular complexity index is 498. The Balaban J connectivity index is 1.65. The van der Waals surface area contributed by atoms with E-state index in [0.717, 1.165) is 38.2 Å². The van der Waals surface area contributed by atoms with E-state index in [1.807, 2.05) is 4.90 Å². The van der Waals surface area contributed by atoms with Crippen molar-refractivity contribution in [3.05, 3.63) is 28.2 Å². The van der Waals surface area contributed by atoms with E-state index in [4.69, 9.17) is 5.11 Å². The zero-order chi connectivity index (χ0) is 13.7. The summed E-state index contributed by atoms with van der Waals surface area (Å²) in [5.41, 5.74) is 0.360. The van der Waals surface area contributed by atoms with Crippen LogP contribution in [0, 0.1) is 0 Å². The van der Waals surface area contributed by atoms with E-state index in [1.54, 1.807) is 0 Å². The summed E-state index contributed by atoms with van der Waals surface area (Å²) in [6, 6.07) is 1.38. The Hall–Kier alpha value is -1.82. The molecule has 0 aromatic carbocycles. The smallest absolute Gasteiger partial charge is 0.223 e. The Morgan fingerprint density at radius 3 is 2.95 bits per heavy atom. The van der Waals surface area contributed by atoms with Crippen molar-refractivity contribution < 1.29 is 9.90 Å². The number of nitrogens with one attached hydrogen (secondary N) is 2. The van der Waals surface area contributed by atoms with Gasteiger partial charge in [0.1, 0.15) is 0 Å². The summed E-state index contributed by atoms with van der Waals surface area (Å²) in [6.07, 6.45) is 3.85. The molecule has 6 nitrogen and oxygen atoms in total. The molecule has 1 aromatic heterocycles. The van der Waals surface area contributed by atoms with Crippen LogP contribution in [0.5, 0.6) is 5.75 Å². The maximum atomic E-state index is 11.4. The van der Waals surface area contributed by atoms with Gasteiger partial charge in [-0.15, -0.1) is 0 Å². The van der Waals surface area contributed by atoms with Gasteiger partial charge in [-0.05, 0) is 19.4 Å². The molecule has 1 aromatic rings. The average Bonchev–Trinajstić information content (AvgIpc) is 2.79. The second-order valence-corrected chi connectivity index (χ2v) is 4.72. The Labute approximate surface area is 111 Å². The highest BCUT2D eigenvalue weighted by atomic mass is 16.3. The lowest BCUT2D eigenvalue weighted by molar-refractivity contribution is -0.127. The van der Waals surface area contributed by atoms with Crippen LogP contribution < -0.4 is 10.7 Å². The van der Waals surface area contributed by atoms with E-state index in [9.17, 15) is 9.59 Å². The zero-order valence-corrected chi connectivity index (χ0v) is 10.8. The van der Waals surface area contributed by atoms with Crippen molar-refractivity contribution in [3.63, 3.8) is 0 Å². The third-order valence-electron chi connectivity index (χ3n) is 3.22. The summed E-state index contributed by atoms with van der Waals surface area (Å²) in [5, 5.41) is 12.3. The van der Waals surface area contributed by atoms with Crippen LogP contribution in [-0.4, -0.2) is 40.5 Å². The first-order valence-electron chi connectivity index (χ1n) is 6.56. The highest BCUT2D eigenvalue weighted by Crippen LogP contribution is 2.09. The summed E-state index contributed by atoms with van der Waals surface area (Å²) < 4.78 is 0. The molecule has 1 amide bonds. The van der Waals surface area contributed by atoms with Gasteiger partial charge in [-0.3, -0.25) is 9.59 Å². The number of aromatic hydroxyl groups is 1. The number of carbonyl (C=O) groups excluding carboxylic acids is 1. The van der Waals surface area contributed by atoms with Gasteiger partial charge < -0.3 is 20.3 Å². The van der Waals surface area contributed by atoms with Gasteiger partial charge in [0.05, 0.1) is 0 Å². The molecule has 0 aliphatic carbocycles. The van der Waals surface area contributed by atoms with Crippen LogP contribution in [0.1, 0.15) is 25.0 Å². The van der Waals surface area contributed by atoms with Crippen molar-refractivity contribution in [3.8, 4) is 5.75 Å². The number of pyridine rings is 1. The number of nitrogens with zero attached hydrogens (tertiary/aromatic N) is 1. The fraction of sp³-hybridized carbons (Fsp3) is 0.538. The summed E-state index contributed by atoms with van der Waals surface area (Å²) >= 11 is 0. The number of hydrogen-bond donors (Lipinski definition) is 3. The number of likely N-dealkylation sites (tertiary alicyclic amines) is 1. The molecule has 0 bridgehead atoms. The van der Waals surface area contributed by atoms with Gasteiger partial charge in [0, 0.05) is 44.0 Å². The summed E-state index contributed by atoms with van der Waals surface area (Å²) in [5.74, 6) is -0.0147. The van der Waals surface area contributed by atoms with Gasteiger partial charge in [-0.1, -0.05) is 0 Å². The van der Waals surface area contributed by atoms with E-state index in [-0.39, 0.29) is 17.1 Å². The summed E-state index contributed by atoms with van der Waals surface area (Å²) in [6.45, 7) is 3.00. The van der Waals surface area contributed by atoms with Crippen molar-refractivity contribution in [1.29, 1.82) is 0 Å². The number of aromatic nitrogens is 1. The van der Waals surface area contributed by atoms with E-state index >= 15 is 0 Å². The van der Waals surface area contributed by atoms with Crippen molar-refractivity contribution in [2.45, 2.75) is 25.8 Å². The maximum Gasteiger partial charge on any atom is 0.223 e. The topological polar surface area (TPSA) is 85.4 Å². The fourth-order valence-corrected chi connectivity index (χ4v) is 2.17. The first-order chi connectivity index (χ1) is 9.16. The molecule has 1 aliphatic rings. The maximum absolute atomic E-state index is 11.4. The van der Waals surface area contributed by atoms with Crippen molar-refractivity contribution >= 4 is 5.91 Å². The average molecular weight is 265 g/mol. The van der Waals surface area contributed by atoms with Crippen LogP contribution in [0.25, 0.3) is 0 Å². The second-order valence-electron chi connectivity index (χ2n) is 4.72. The van der Waals surface area contributed by atoms with E-state index < -0.39 is 0 Å². The lowest BCUT2D eigenvalue weighted by Crippen LogP contribution is -2.28. The van der Waals surface area contributed by atoms with Gasteiger partial charge in [-0.2, -0.15) is 0 Å². The minimum Gasteiger partial charge on any atom is -0.503 e. The molecule has 0 atom stereocenters.